The lowest BCUT2D eigenvalue weighted by Gasteiger charge is -2.30. The smallest absolute Gasteiger partial charge is 0.338 e. The topological polar surface area (TPSA) is 50.4 Å². The molecule has 0 saturated carbocycles. The highest BCUT2D eigenvalue weighted by Crippen LogP contribution is 2.31. The van der Waals surface area contributed by atoms with E-state index in [0.717, 1.165) is 5.56 Å². The van der Waals surface area contributed by atoms with E-state index < -0.39 is 6.04 Å². The summed E-state index contributed by atoms with van der Waals surface area (Å²) in [5, 5.41) is 7.37. The van der Waals surface area contributed by atoms with Gasteiger partial charge in [-0.2, -0.15) is 0 Å². The highest BCUT2D eigenvalue weighted by Gasteiger charge is 2.31. The quantitative estimate of drug-likeness (QED) is 0.618. The summed E-state index contributed by atoms with van der Waals surface area (Å²) in [6.07, 6.45) is 0. The molecule has 7 heteroatoms. The van der Waals surface area contributed by atoms with E-state index in [1.165, 1.54) is 0 Å². The van der Waals surface area contributed by atoms with E-state index in [1.807, 2.05) is 19.9 Å². The van der Waals surface area contributed by atoms with E-state index in [1.54, 1.807) is 19.1 Å². The van der Waals surface area contributed by atoms with Crippen LogP contribution in [0.15, 0.2) is 29.5 Å². The Kier molecular flexibility index (Phi) is 5.89. The predicted molar refractivity (Wildman–Crippen MR) is 96.6 cm³/mol. The van der Waals surface area contributed by atoms with Crippen LogP contribution in [-0.2, 0) is 9.53 Å². The van der Waals surface area contributed by atoms with Gasteiger partial charge in [0.2, 0.25) is 0 Å². The molecule has 0 aliphatic carbocycles. The summed E-state index contributed by atoms with van der Waals surface area (Å²) in [4.78, 5) is 12.5. The molecule has 1 aliphatic rings. The van der Waals surface area contributed by atoms with Crippen molar-refractivity contribution < 1.29 is 9.53 Å². The molecule has 0 bridgehead atoms. The Hall–Kier alpha value is -1.30. The number of allylic oxidation sites excluding steroid dienone is 1. The van der Waals surface area contributed by atoms with Crippen molar-refractivity contribution in [3.63, 3.8) is 0 Å². The van der Waals surface area contributed by atoms with Gasteiger partial charge in [-0.3, -0.25) is 0 Å². The Morgan fingerprint density at radius 3 is 2.65 bits per heavy atom. The lowest BCUT2D eigenvalue weighted by Crippen LogP contribution is -2.45. The van der Waals surface area contributed by atoms with Gasteiger partial charge >= 0.3 is 5.97 Å². The lowest BCUT2D eigenvalue weighted by molar-refractivity contribution is -0.140. The number of nitrogens with one attached hydrogen (secondary N) is 2. The van der Waals surface area contributed by atoms with Crippen LogP contribution >= 0.6 is 35.4 Å². The lowest BCUT2D eigenvalue weighted by atomic mass is 9.96. The molecule has 0 aromatic heterocycles. The van der Waals surface area contributed by atoms with Crippen molar-refractivity contribution in [1.82, 2.24) is 10.6 Å². The van der Waals surface area contributed by atoms with Crippen molar-refractivity contribution in [2.45, 2.75) is 26.8 Å². The van der Waals surface area contributed by atoms with Crippen molar-refractivity contribution in [2.75, 3.05) is 6.61 Å². The minimum Gasteiger partial charge on any atom is -0.462 e. The minimum atomic E-state index is -0.432. The zero-order valence-corrected chi connectivity index (χ0v) is 15.4. The number of carbonyl (C=O) groups is 1. The second-order valence-electron chi connectivity index (χ2n) is 5.74. The number of ether oxygens (including phenoxy) is 1. The van der Waals surface area contributed by atoms with Crippen LogP contribution in [0, 0.1) is 5.92 Å². The van der Waals surface area contributed by atoms with Gasteiger partial charge in [-0.25, -0.2) is 4.79 Å². The van der Waals surface area contributed by atoms with Crippen molar-refractivity contribution in [3.8, 4) is 0 Å². The van der Waals surface area contributed by atoms with Crippen LogP contribution in [0.4, 0.5) is 0 Å². The number of thiocarbonyl (C=S) groups is 1. The molecule has 0 radical (unpaired) electrons. The first-order valence-corrected chi connectivity index (χ1v) is 8.36. The number of halogens is 2. The highest BCUT2D eigenvalue weighted by atomic mass is 35.5. The monoisotopic (exact) mass is 372 g/mol. The molecular formula is C16H18Cl2N2O2S. The van der Waals surface area contributed by atoms with E-state index in [2.05, 4.69) is 10.6 Å². The molecule has 1 heterocycles. The summed E-state index contributed by atoms with van der Waals surface area (Å²) < 4.78 is 5.38. The third-order valence-corrected chi connectivity index (χ3v) is 4.27. The first kappa shape index (κ1) is 18.0. The summed E-state index contributed by atoms with van der Waals surface area (Å²) in [7, 11) is 0. The first-order valence-electron chi connectivity index (χ1n) is 7.20. The second-order valence-corrected chi connectivity index (χ2v) is 6.96. The molecule has 4 nitrogen and oxygen atoms in total. The van der Waals surface area contributed by atoms with Gasteiger partial charge in [0.1, 0.15) is 0 Å². The van der Waals surface area contributed by atoms with E-state index in [4.69, 9.17) is 40.2 Å². The van der Waals surface area contributed by atoms with Crippen LogP contribution < -0.4 is 10.6 Å². The van der Waals surface area contributed by atoms with Crippen LogP contribution in [-0.4, -0.2) is 17.7 Å². The van der Waals surface area contributed by atoms with E-state index in [-0.39, 0.29) is 11.9 Å². The fourth-order valence-corrected chi connectivity index (χ4v) is 2.80. The van der Waals surface area contributed by atoms with E-state index in [0.29, 0.717) is 33.0 Å². The summed E-state index contributed by atoms with van der Waals surface area (Å²) in [5.41, 5.74) is 1.94. The van der Waals surface area contributed by atoms with Gasteiger partial charge in [-0.15, -0.1) is 0 Å². The maximum Gasteiger partial charge on any atom is 0.338 e. The SMILES string of the molecule is CC1=C(C(=O)OCC(C)C)C(c2ccc(Cl)c(Cl)c2)NC(=S)N1. The number of hydrogen-bond donors (Lipinski definition) is 2. The molecule has 0 saturated heterocycles. The van der Waals surface area contributed by atoms with Gasteiger partial charge in [0, 0.05) is 5.70 Å². The summed E-state index contributed by atoms with van der Waals surface area (Å²) in [5.74, 6) is -0.122. The van der Waals surface area contributed by atoms with Crippen LogP contribution in [0.1, 0.15) is 32.4 Å². The van der Waals surface area contributed by atoms with Gasteiger partial charge in [-0.05, 0) is 42.8 Å². The average molecular weight is 373 g/mol. The third-order valence-electron chi connectivity index (χ3n) is 3.31. The van der Waals surface area contributed by atoms with Crippen LogP contribution in [0.25, 0.3) is 0 Å². The maximum absolute atomic E-state index is 12.5. The van der Waals surface area contributed by atoms with E-state index in [9.17, 15) is 4.79 Å². The fourth-order valence-electron chi connectivity index (χ4n) is 2.23. The first-order chi connectivity index (χ1) is 10.8. The van der Waals surface area contributed by atoms with Gasteiger partial charge in [0.05, 0.1) is 28.3 Å². The normalized spacial score (nSPS) is 17.8. The van der Waals surface area contributed by atoms with Crippen molar-refractivity contribution in [1.29, 1.82) is 0 Å². The predicted octanol–water partition coefficient (Wildman–Crippen LogP) is 3.99. The summed E-state index contributed by atoms with van der Waals surface area (Å²) >= 11 is 17.3. The van der Waals surface area contributed by atoms with Crippen molar-refractivity contribution in [3.05, 3.63) is 45.1 Å². The maximum atomic E-state index is 12.5. The number of benzene rings is 1. The van der Waals surface area contributed by atoms with Gasteiger partial charge in [-0.1, -0.05) is 43.1 Å². The molecule has 124 valence electrons. The largest absolute Gasteiger partial charge is 0.462 e. The third kappa shape index (κ3) is 4.37. The number of carbonyl (C=O) groups excluding carboxylic acids is 1. The molecule has 1 aliphatic heterocycles. The average Bonchev–Trinajstić information content (AvgIpc) is 2.46. The number of esters is 1. The Morgan fingerprint density at radius 1 is 1.35 bits per heavy atom. The molecule has 0 spiro atoms. The second kappa shape index (κ2) is 7.51. The van der Waals surface area contributed by atoms with Crippen LogP contribution in [0.5, 0.6) is 0 Å². The van der Waals surface area contributed by atoms with Gasteiger partial charge in [0.15, 0.2) is 5.11 Å². The molecule has 23 heavy (non-hydrogen) atoms. The van der Waals surface area contributed by atoms with Crippen molar-refractivity contribution in [2.24, 2.45) is 5.92 Å². The molecule has 0 amide bonds. The van der Waals surface area contributed by atoms with E-state index >= 15 is 0 Å². The molecule has 1 aromatic rings. The van der Waals surface area contributed by atoms with Crippen LogP contribution in [0.3, 0.4) is 0 Å². The van der Waals surface area contributed by atoms with Gasteiger partial charge in [0.25, 0.3) is 0 Å². The Balaban J connectivity index is 2.37. The zero-order valence-electron chi connectivity index (χ0n) is 13.1. The number of hydrogen-bond acceptors (Lipinski definition) is 3. The molecule has 2 N–H and O–H groups in total. The Labute approximate surface area is 151 Å². The Morgan fingerprint density at radius 2 is 2.04 bits per heavy atom. The molecule has 0 fully saturated rings. The minimum absolute atomic E-state index is 0.258. The molecule has 1 aromatic carbocycles. The molecule has 2 rings (SSSR count). The highest BCUT2D eigenvalue weighted by molar-refractivity contribution is 7.80. The Bertz CT molecular complexity index is 674. The molecule has 1 unspecified atom stereocenters. The standard InChI is InChI=1S/C16H18Cl2N2O2S/c1-8(2)7-22-15(21)13-9(3)19-16(23)20-14(13)10-4-5-11(17)12(18)6-10/h4-6,8,14H,7H2,1-3H3,(H2,19,20,23). The number of rotatable bonds is 4. The summed E-state index contributed by atoms with van der Waals surface area (Å²) in [6.45, 7) is 6.12. The molecular weight excluding hydrogens is 355 g/mol. The fraction of sp³-hybridized carbons (Fsp3) is 0.375. The summed E-state index contributed by atoms with van der Waals surface area (Å²) in [6, 6.07) is 4.79. The zero-order chi connectivity index (χ0) is 17.1. The van der Waals surface area contributed by atoms with Crippen molar-refractivity contribution >= 4 is 46.5 Å². The van der Waals surface area contributed by atoms with Gasteiger partial charge < -0.3 is 15.4 Å². The molecule has 1 atom stereocenters. The van der Waals surface area contributed by atoms with Crippen LogP contribution in [0.2, 0.25) is 10.0 Å².